The van der Waals surface area contributed by atoms with Crippen molar-refractivity contribution in [3.63, 3.8) is 0 Å². The summed E-state index contributed by atoms with van der Waals surface area (Å²) in [7, 11) is 1.92. The molecule has 0 spiro atoms. The molecule has 4 nitrogen and oxygen atoms in total. The lowest BCUT2D eigenvalue weighted by molar-refractivity contribution is 0.0515. The first-order valence-corrected chi connectivity index (χ1v) is 6.04. The first kappa shape index (κ1) is 12.2. The predicted molar refractivity (Wildman–Crippen MR) is 66.1 cm³/mol. The Bertz CT molecular complexity index is 447. The van der Waals surface area contributed by atoms with Crippen LogP contribution in [0.2, 0.25) is 0 Å². The van der Waals surface area contributed by atoms with E-state index in [1.54, 1.807) is 0 Å². The summed E-state index contributed by atoms with van der Waals surface area (Å²) in [6.45, 7) is 8.36. The van der Waals surface area contributed by atoms with Crippen LogP contribution in [-0.4, -0.2) is 23.7 Å². The Morgan fingerprint density at radius 2 is 2.29 bits per heavy atom. The van der Waals surface area contributed by atoms with Gasteiger partial charge in [0.25, 0.3) is 0 Å². The molecule has 1 aliphatic rings. The third kappa shape index (κ3) is 1.97. The number of hydrogen-bond donors (Lipinski definition) is 1. The van der Waals surface area contributed by atoms with Crippen molar-refractivity contribution in [3.05, 3.63) is 23.0 Å². The summed E-state index contributed by atoms with van der Waals surface area (Å²) in [6, 6.07) is 1.98. The molecule has 1 aliphatic heterocycles. The van der Waals surface area contributed by atoms with Crippen LogP contribution in [-0.2, 0) is 23.7 Å². The van der Waals surface area contributed by atoms with Crippen LogP contribution in [0.1, 0.15) is 42.5 Å². The standard InChI is InChI=1S/C13H20N2O2/c1-5-17-12(16)10-6-9-11(15(10)4)7-14-8-13(9,2)3/h6,14H,5,7-8H2,1-4H3. The average molecular weight is 236 g/mol. The monoisotopic (exact) mass is 236 g/mol. The molecule has 1 N–H and O–H groups in total. The molecule has 94 valence electrons. The van der Waals surface area contributed by atoms with Gasteiger partial charge in [0.05, 0.1) is 6.61 Å². The van der Waals surface area contributed by atoms with Crippen LogP contribution in [0.3, 0.4) is 0 Å². The minimum atomic E-state index is -0.236. The van der Waals surface area contributed by atoms with E-state index in [1.165, 1.54) is 11.3 Å². The van der Waals surface area contributed by atoms with Crippen LogP contribution in [0.4, 0.5) is 0 Å². The van der Waals surface area contributed by atoms with Crippen molar-refractivity contribution >= 4 is 5.97 Å². The first-order chi connectivity index (χ1) is 7.97. The van der Waals surface area contributed by atoms with E-state index in [-0.39, 0.29) is 11.4 Å². The number of fused-ring (bicyclic) bond motifs is 1. The maximum atomic E-state index is 11.8. The molecule has 0 aromatic carbocycles. The quantitative estimate of drug-likeness (QED) is 0.793. The number of aromatic nitrogens is 1. The highest BCUT2D eigenvalue weighted by atomic mass is 16.5. The molecule has 1 aromatic heterocycles. The molecule has 0 amide bonds. The summed E-state index contributed by atoms with van der Waals surface area (Å²) in [5.74, 6) is -0.236. The highest BCUT2D eigenvalue weighted by molar-refractivity contribution is 5.88. The van der Waals surface area contributed by atoms with Crippen molar-refractivity contribution in [3.8, 4) is 0 Å². The molecule has 0 fully saturated rings. The molecule has 0 radical (unpaired) electrons. The van der Waals surface area contributed by atoms with Crippen molar-refractivity contribution in [1.29, 1.82) is 0 Å². The number of hydrogen-bond acceptors (Lipinski definition) is 3. The second-order valence-corrected chi connectivity index (χ2v) is 5.16. The van der Waals surface area contributed by atoms with Crippen LogP contribution in [0.25, 0.3) is 0 Å². The molecular weight excluding hydrogens is 216 g/mol. The summed E-state index contributed by atoms with van der Waals surface area (Å²) in [5.41, 5.74) is 3.15. The fourth-order valence-electron chi connectivity index (χ4n) is 2.43. The zero-order valence-corrected chi connectivity index (χ0v) is 11.0. The Hall–Kier alpha value is -1.29. The fraction of sp³-hybridized carbons (Fsp3) is 0.615. The number of rotatable bonds is 2. The highest BCUT2D eigenvalue weighted by Gasteiger charge is 2.31. The van der Waals surface area contributed by atoms with Gasteiger partial charge in [0, 0.05) is 31.2 Å². The molecule has 0 bridgehead atoms. The second-order valence-electron chi connectivity index (χ2n) is 5.16. The highest BCUT2D eigenvalue weighted by Crippen LogP contribution is 2.31. The number of esters is 1. The number of carbonyl (C=O) groups excluding carboxylic acids is 1. The van der Waals surface area contributed by atoms with Gasteiger partial charge in [-0.05, 0) is 18.6 Å². The molecule has 2 rings (SSSR count). The van der Waals surface area contributed by atoms with Crippen LogP contribution in [0, 0.1) is 0 Å². The number of nitrogens with zero attached hydrogens (tertiary/aromatic N) is 1. The third-order valence-corrected chi connectivity index (χ3v) is 3.43. The van der Waals surface area contributed by atoms with Gasteiger partial charge < -0.3 is 14.6 Å². The lowest BCUT2D eigenvalue weighted by Gasteiger charge is -2.31. The smallest absolute Gasteiger partial charge is 0.354 e. The summed E-state index contributed by atoms with van der Waals surface area (Å²) in [6.07, 6.45) is 0. The predicted octanol–water partition coefficient (Wildman–Crippen LogP) is 1.58. The fourth-order valence-corrected chi connectivity index (χ4v) is 2.43. The maximum absolute atomic E-state index is 11.8. The normalized spacial score (nSPS) is 17.6. The zero-order chi connectivity index (χ0) is 12.6. The molecule has 2 heterocycles. The van der Waals surface area contributed by atoms with E-state index in [0.717, 1.165) is 13.1 Å². The summed E-state index contributed by atoms with van der Waals surface area (Å²) >= 11 is 0. The number of ether oxygens (including phenoxy) is 1. The molecule has 0 aliphatic carbocycles. The van der Waals surface area contributed by atoms with Crippen LogP contribution in [0.5, 0.6) is 0 Å². The van der Waals surface area contributed by atoms with Gasteiger partial charge in [0.1, 0.15) is 5.69 Å². The van der Waals surface area contributed by atoms with Gasteiger partial charge in [0.2, 0.25) is 0 Å². The topological polar surface area (TPSA) is 43.3 Å². The van der Waals surface area contributed by atoms with E-state index in [0.29, 0.717) is 12.3 Å². The van der Waals surface area contributed by atoms with E-state index in [4.69, 9.17) is 4.74 Å². The Morgan fingerprint density at radius 1 is 1.59 bits per heavy atom. The molecule has 0 unspecified atom stereocenters. The van der Waals surface area contributed by atoms with Crippen LogP contribution < -0.4 is 5.32 Å². The zero-order valence-electron chi connectivity index (χ0n) is 11.0. The second kappa shape index (κ2) is 4.18. The van der Waals surface area contributed by atoms with Gasteiger partial charge >= 0.3 is 5.97 Å². The lowest BCUT2D eigenvalue weighted by Crippen LogP contribution is -2.38. The van der Waals surface area contributed by atoms with Crippen LogP contribution >= 0.6 is 0 Å². The molecule has 1 aromatic rings. The molecule has 0 atom stereocenters. The van der Waals surface area contributed by atoms with Gasteiger partial charge in [-0.25, -0.2) is 4.79 Å². The molecule has 0 saturated heterocycles. The Balaban J connectivity index is 2.45. The van der Waals surface area contributed by atoms with Gasteiger partial charge in [-0.1, -0.05) is 13.8 Å². The molecule has 17 heavy (non-hydrogen) atoms. The minimum Gasteiger partial charge on any atom is -0.461 e. The average Bonchev–Trinajstić information content (AvgIpc) is 2.58. The number of nitrogens with one attached hydrogen (secondary N) is 1. The van der Waals surface area contributed by atoms with Gasteiger partial charge in [0.15, 0.2) is 0 Å². The van der Waals surface area contributed by atoms with Crippen molar-refractivity contribution < 1.29 is 9.53 Å². The Morgan fingerprint density at radius 3 is 2.88 bits per heavy atom. The van der Waals surface area contributed by atoms with Crippen molar-refractivity contribution in [2.24, 2.45) is 7.05 Å². The van der Waals surface area contributed by atoms with Crippen molar-refractivity contribution in [1.82, 2.24) is 9.88 Å². The van der Waals surface area contributed by atoms with Gasteiger partial charge in [-0.2, -0.15) is 0 Å². The van der Waals surface area contributed by atoms with E-state index in [1.807, 2.05) is 24.6 Å². The number of carbonyl (C=O) groups is 1. The van der Waals surface area contributed by atoms with E-state index in [2.05, 4.69) is 19.2 Å². The SMILES string of the molecule is CCOC(=O)c1cc2c(n1C)CNCC2(C)C. The lowest BCUT2D eigenvalue weighted by atomic mass is 9.82. The first-order valence-electron chi connectivity index (χ1n) is 6.04. The third-order valence-electron chi connectivity index (χ3n) is 3.43. The Kier molecular flexibility index (Phi) is 3.00. The minimum absolute atomic E-state index is 0.0656. The van der Waals surface area contributed by atoms with Crippen LogP contribution in [0.15, 0.2) is 6.07 Å². The Labute approximate surface area is 102 Å². The molecular formula is C13H20N2O2. The van der Waals surface area contributed by atoms with Crippen molar-refractivity contribution in [2.75, 3.05) is 13.2 Å². The van der Waals surface area contributed by atoms with E-state index in [9.17, 15) is 4.79 Å². The summed E-state index contributed by atoms with van der Waals surface area (Å²) < 4.78 is 7.02. The van der Waals surface area contributed by atoms with E-state index >= 15 is 0 Å². The van der Waals surface area contributed by atoms with Gasteiger partial charge in [-0.15, -0.1) is 0 Å². The summed E-state index contributed by atoms with van der Waals surface area (Å²) in [4.78, 5) is 11.8. The molecule has 0 saturated carbocycles. The van der Waals surface area contributed by atoms with Gasteiger partial charge in [-0.3, -0.25) is 0 Å². The van der Waals surface area contributed by atoms with E-state index < -0.39 is 0 Å². The molecule has 4 heteroatoms. The van der Waals surface area contributed by atoms with Crippen molar-refractivity contribution in [2.45, 2.75) is 32.7 Å². The maximum Gasteiger partial charge on any atom is 0.354 e. The largest absolute Gasteiger partial charge is 0.461 e. The summed E-state index contributed by atoms with van der Waals surface area (Å²) in [5, 5.41) is 3.38.